The van der Waals surface area contributed by atoms with E-state index >= 15 is 0 Å². The Morgan fingerprint density at radius 3 is 2.81 bits per heavy atom. The zero-order chi connectivity index (χ0) is 11.7. The fraction of sp³-hybridized carbons (Fsp3) is 0.154. The number of H-pyrrole nitrogens is 1. The van der Waals surface area contributed by atoms with Crippen LogP contribution < -0.4 is 0 Å². The first-order valence-electron chi connectivity index (χ1n) is 5.04. The van der Waals surface area contributed by atoms with Gasteiger partial charge in [-0.25, -0.2) is 0 Å². The van der Waals surface area contributed by atoms with Gasteiger partial charge in [-0.1, -0.05) is 17.7 Å². The van der Waals surface area contributed by atoms with Gasteiger partial charge in [0.2, 0.25) is 0 Å². The molecule has 3 heteroatoms. The van der Waals surface area contributed by atoms with E-state index in [1.54, 1.807) is 6.92 Å². The number of carbonyl (C=O) groups is 1. The van der Waals surface area contributed by atoms with Gasteiger partial charge in [0.15, 0.2) is 5.78 Å². The molecule has 0 unspecified atom stereocenters. The molecule has 0 spiro atoms. The van der Waals surface area contributed by atoms with Crippen molar-refractivity contribution >= 4 is 34.4 Å². The first-order valence-corrected chi connectivity index (χ1v) is 5.41. The SMILES string of the molecule is CC(=O)/C(C)=C/c1c[nH]c2cc(Cl)ccc12. The van der Waals surface area contributed by atoms with E-state index < -0.39 is 0 Å². The van der Waals surface area contributed by atoms with Crippen molar-refractivity contribution < 1.29 is 4.79 Å². The maximum atomic E-state index is 11.2. The summed E-state index contributed by atoms with van der Waals surface area (Å²) in [5.74, 6) is 0.0864. The minimum Gasteiger partial charge on any atom is -0.361 e. The van der Waals surface area contributed by atoms with Crippen LogP contribution in [0.15, 0.2) is 30.0 Å². The zero-order valence-corrected chi connectivity index (χ0v) is 9.93. The van der Waals surface area contributed by atoms with E-state index in [1.165, 1.54) is 0 Å². The van der Waals surface area contributed by atoms with Gasteiger partial charge in [0.05, 0.1) is 0 Å². The standard InChI is InChI=1S/C13H12ClNO/c1-8(9(2)16)5-10-7-15-13-6-11(14)3-4-12(10)13/h3-7,15H,1-2H3/b8-5+. The van der Waals surface area contributed by atoms with Crippen molar-refractivity contribution in [3.05, 3.63) is 40.6 Å². The van der Waals surface area contributed by atoms with Crippen molar-refractivity contribution in [2.75, 3.05) is 0 Å². The van der Waals surface area contributed by atoms with Crippen molar-refractivity contribution in [1.82, 2.24) is 4.98 Å². The second kappa shape index (κ2) is 4.14. The molecule has 0 aliphatic rings. The lowest BCUT2D eigenvalue weighted by atomic mass is 10.1. The Balaban J connectivity index is 2.55. The molecule has 1 N–H and O–H groups in total. The fourth-order valence-electron chi connectivity index (χ4n) is 1.58. The topological polar surface area (TPSA) is 32.9 Å². The van der Waals surface area contributed by atoms with Gasteiger partial charge in [-0.3, -0.25) is 4.79 Å². The van der Waals surface area contributed by atoms with E-state index in [-0.39, 0.29) is 5.78 Å². The van der Waals surface area contributed by atoms with Crippen LogP contribution in [0.4, 0.5) is 0 Å². The quantitative estimate of drug-likeness (QED) is 0.786. The van der Waals surface area contributed by atoms with Crippen molar-refractivity contribution in [2.45, 2.75) is 13.8 Å². The molecule has 0 saturated heterocycles. The van der Waals surface area contributed by atoms with Gasteiger partial charge >= 0.3 is 0 Å². The molecular weight excluding hydrogens is 222 g/mol. The summed E-state index contributed by atoms with van der Waals surface area (Å²) in [5, 5.41) is 1.78. The Hall–Kier alpha value is -1.54. The molecule has 0 radical (unpaired) electrons. The Kier molecular flexibility index (Phi) is 2.84. The molecule has 2 aromatic rings. The predicted octanol–water partition coefficient (Wildman–Crippen LogP) is 3.81. The van der Waals surface area contributed by atoms with Crippen molar-refractivity contribution in [2.24, 2.45) is 0 Å². The van der Waals surface area contributed by atoms with Gasteiger partial charge in [-0.2, -0.15) is 0 Å². The number of fused-ring (bicyclic) bond motifs is 1. The van der Waals surface area contributed by atoms with Gasteiger partial charge in [-0.15, -0.1) is 0 Å². The average molecular weight is 234 g/mol. The van der Waals surface area contributed by atoms with Gasteiger partial charge < -0.3 is 4.98 Å². The van der Waals surface area contributed by atoms with Crippen molar-refractivity contribution in [3.63, 3.8) is 0 Å². The number of carbonyl (C=O) groups excluding carboxylic acids is 1. The molecule has 1 heterocycles. The average Bonchev–Trinajstić information content (AvgIpc) is 2.60. The minimum atomic E-state index is 0.0864. The van der Waals surface area contributed by atoms with E-state index in [4.69, 9.17) is 11.6 Å². The van der Waals surface area contributed by atoms with Crippen LogP contribution in [0.2, 0.25) is 5.02 Å². The van der Waals surface area contributed by atoms with E-state index in [1.807, 2.05) is 37.4 Å². The first kappa shape index (κ1) is 11.0. The zero-order valence-electron chi connectivity index (χ0n) is 9.17. The van der Waals surface area contributed by atoms with Gasteiger partial charge in [0.1, 0.15) is 0 Å². The highest BCUT2D eigenvalue weighted by Crippen LogP contribution is 2.23. The number of hydrogen-bond donors (Lipinski definition) is 1. The van der Waals surface area contributed by atoms with Crippen molar-refractivity contribution in [1.29, 1.82) is 0 Å². The number of benzene rings is 1. The Morgan fingerprint density at radius 2 is 2.12 bits per heavy atom. The number of nitrogens with one attached hydrogen (secondary N) is 1. The highest BCUT2D eigenvalue weighted by Gasteiger charge is 2.03. The molecule has 0 fully saturated rings. The molecule has 1 aromatic heterocycles. The molecule has 2 rings (SSSR count). The number of halogens is 1. The third kappa shape index (κ3) is 2.02. The molecule has 2 nitrogen and oxygen atoms in total. The Bertz CT molecular complexity index is 581. The monoisotopic (exact) mass is 233 g/mol. The number of rotatable bonds is 2. The molecule has 1 aromatic carbocycles. The molecular formula is C13H12ClNO. The minimum absolute atomic E-state index is 0.0864. The lowest BCUT2D eigenvalue weighted by molar-refractivity contribution is -0.113. The van der Waals surface area contributed by atoms with Crippen LogP contribution in [0.3, 0.4) is 0 Å². The van der Waals surface area contributed by atoms with E-state index in [0.29, 0.717) is 5.02 Å². The molecule has 82 valence electrons. The lowest BCUT2D eigenvalue weighted by Gasteiger charge is -1.95. The number of Topliss-reactive ketones (excluding diaryl/α,β-unsaturated/α-hetero) is 1. The largest absolute Gasteiger partial charge is 0.361 e. The number of allylic oxidation sites excluding steroid dienone is 1. The summed E-state index contributed by atoms with van der Waals surface area (Å²) in [4.78, 5) is 14.3. The van der Waals surface area contributed by atoms with Gasteiger partial charge in [-0.05, 0) is 37.6 Å². The summed E-state index contributed by atoms with van der Waals surface area (Å²) in [6.45, 7) is 3.38. The van der Waals surface area contributed by atoms with E-state index in [0.717, 1.165) is 22.0 Å². The smallest absolute Gasteiger partial charge is 0.155 e. The van der Waals surface area contributed by atoms with Crippen LogP contribution >= 0.6 is 11.6 Å². The molecule has 0 atom stereocenters. The normalized spacial score (nSPS) is 12.1. The van der Waals surface area contributed by atoms with Crippen LogP contribution in [0, 0.1) is 0 Å². The second-order valence-electron chi connectivity index (χ2n) is 3.82. The van der Waals surface area contributed by atoms with E-state index in [9.17, 15) is 4.79 Å². The second-order valence-corrected chi connectivity index (χ2v) is 4.25. The summed E-state index contributed by atoms with van der Waals surface area (Å²) in [5.41, 5.74) is 2.74. The van der Waals surface area contributed by atoms with E-state index in [2.05, 4.69) is 4.98 Å². The molecule has 0 saturated carbocycles. The van der Waals surface area contributed by atoms with Gasteiger partial charge in [0.25, 0.3) is 0 Å². The maximum Gasteiger partial charge on any atom is 0.155 e. The fourth-order valence-corrected chi connectivity index (χ4v) is 1.75. The third-order valence-electron chi connectivity index (χ3n) is 2.60. The molecule has 0 aliphatic heterocycles. The summed E-state index contributed by atoms with van der Waals surface area (Å²) in [7, 11) is 0. The lowest BCUT2D eigenvalue weighted by Crippen LogP contribution is -1.90. The third-order valence-corrected chi connectivity index (χ3v) is 2.84. The summed E-state index contributed by atoms with van der Waals surface area (Å²) >= 11 is 5.89. The summed E-state index contributed by atoms with van der Waals surface area (Å²) in [6, 6.07) is 5.67. The van der Waals surface area contributed by atoms with Crippen LogP contribution in [0.1, 0.15) is 19.4 Å². The van der Waals surface area contributed by atoms with Crippen LogP contribution in [-0.2, 0) is 4.79 Å². The molecule has 16 heavy (non-hydrogen) atoms. The van der Waals surface area contributed by atoms with Crippen molar-refractivity contribution in [3.8, 4) is 0 Å². The summed E-state index contributed by atoms with van der Waals surface area (Å²) < 4.78 is 0. The highest BCUT2D eigenvalue weighted by molar-refractivity contribution is 6.31. The number of aromatic nitrogens is 1. The number of aromatic amines is 1. The summed E-state index contributed by atoms with van der Waals surface area (Å²) in [6.07, 6.45) is 3.77. The van der Waals surface area contributed by atoms with Gasteiger partial charge in [0, 0.05) is 27.7 Å². The van der Waals surface area contributed by atoms with Crippen LogP contribution in [0.5, 0.6) is 0 Å². The molecule has 0 aliphatic carbocycles. The molecule has 0 amide bonds. The van der Waals surface area contributed by atoms with Crippen LogP contribution in [0.25, 0.3) is 17.0 Å². The highest BCUT2D eigenvalue weighted by atomic mass is 35.5. The number of hydrogen-bond acceptors (Lipinski definition) is 1. The Labute approximate surface area is 98.9 Å². The predicted molar refractivity (Wildman–Crippen MR) is 67.6 cm³/mol. The maximum absolute atomic E-state index is 11.2. The number of ketones is 1. The van der Waals surface area contributed by atoms with Crippen LogP contribution in [-0.4, -0.2) is 10.8 Å². The first-order chi connectivity index (χ1) is 7.58. The molecule has 0 bridgehead atoms. The Morgan fingerprint density at radius 1 is 1.38 bits per heavy atom.